The van der Waals surface area contributed by atoms with Crippen LogP contribution in [-0.2, 0) is 32.7 Å². The van der Waals surface area contributed by atoms with E-state index >= 15 is 0 Å². The molecule has 2 saturated heterocycles. The highest BCUT2D eigenvalue weighted by Crippen LogP contribution is 2.64. The van der Waals surface area contributed by atoms with Gasteiger partial charge in [-0.2, -0.15) is 5.26 Å². The minimum absolute atomic E-state index is 0.0239. The Morgan fingerprint density at radius 3 is 2.56 bits per heavy atom. The summed E-state index contributed by atoms with van der Waals surface area (Å²) in [6.45, 7) is 5.28. The normalized spacial score (nSPS) is 28.9. The van der Waals surface area contributed by atoms with Gasteiger partial charge in [0.05, 0.1) is 37.6 Å². The molecule has 10 rings (SSSR count). The number of nitrogens with zero attached hydrogens (tertiary/aromatic N) is 3. The van der Waals surface area contributed by atoms with E-state index in [1.807, 2.05) is 27.0 Å². The highest BCUT2D eigenvalue weighted by atomic mass is 32.2. The fourth-order valence-electron chi connectivity index (χ4n) is 10.2. The molecule has 0 aromatic heterocycles. The predicted octanol–water partition coefficient (Wildman–Crippen LogP) is 3.99. The van der Waals surface area contributed by atoms with Crippen LogP contribution < -0.4 is 29.0 Å². The second-order valence-corrected chi connectivity index (χ2v) is 16.2. The molecular weight excluding hydrogens is 729 g/mol. The molecule has 15 heteroatoms. The Hall–Kier alpha value is -4.88. The van der Waals surface area contributed by atoms with Gasteiger partial charge >= 0.3 is 11.9 Å². The lowest BCUT2D eigenvalue weighted by Gasteiger charge is -2.62. The van der Waals surface area contributed by atoms with Crippen molar-refractivity contribution in [1.82, 2.24) is 15.1 Å². The number of aryl methyl sites for hydroxylation is 1. The largest absolute Gasteiger partial charge is 0.504 e. The SMILES string of the molecule is COc1cc2c(cc1O)CCN[C@]21CSC2c3c(OC(C)=O)c(C)c4c(c3[C@H](COC1=O)N1[C@@H](C#N)[C@@H]3Cc5cc(C)c(OC)c(O)c5[C@H]([C@H]21)N3C)OCO4. The number of methoxy groups -OCH3 is 2. The molecule has 3 aromatic carbocycles. The molecule has 1 unspecified atom stereocenters. The molecule has 4 bridgehead atoms. The van der Waals surface area contributed by atoms with Gasteiger partial charge in [0.1, 0.15) is 18.4 Å². The molecule has 288 valence electrons. The zero-order valence-corrected chi connectivity index (χ0v) is 32.2. The van der Waals surface area contributed by atoms with E-state index in [0.29, 0.717) is 70.2 Å². The van der Waals surface area contributed by atoms with E-state index in [1.54, 1.807) is 12.1 Å². The second kappa shape index (κ2) is 12.8. The molecule has 7 aliphatic heterocycles. The van der Waals surface area contributed by atoms with E-state index in [4.69, 9.17) is 28.4 Å². The number of esters is 2. The maximum absolute atomic E-state index is 14.7. The standard InChI is InChI=1S/C40H42N4O10S/c1-17-9-21-10-23-24(13-41)44-25-14-51-39(48)40(22-12-27(49-5)26(46)11-20(22)7-8-42-40)15-55-38(32(44)31(43(23)4)28(21)33(47)34(17)50-6)30-29(25)37-36(52-16-53-37)18(2)35(30)54-19(3)45/h9,11-12,23-25,31-32,38,42,46-47H,7-8,10,14-16H2,1-6H3/t23-,24-,25-,31+,32+,38?,40+/m0/s1. The van der Waals surface area contributed by atoms with Crippen molar-refractivity contribution in [2.24, 2.45) is 0 Å². The van der Waals surface area contributed by atoms with Crippen LogP contribution >= 0.6 is 11.8 Å². The zero-order valence-electron chi connectivity index (χ0n) is 31.3. The van der Waals surface area contributed by atoms with Crippen molar-refractivity contribution < 1.29 is 48.2 Å². The summed E-state index contributed by atoms with van der Waals surface area (Å²) in [6, 6.07) is 5.28. The number of carbonyl (C=O) groups is 2. The highest BCUT2D eigenvalue weighted by Gasteiger charge is 2.62. The molecule has 55 heavy (non-hydrogen) atoms. The van der Waals surface area contributed by atoms with Gasteiger partial charge in [0, 0.05) is 53.6 Å². The Bertz CT molecular complexity index is 2220. The van der Waals surface area contributed by atoms with Crippen LogP contribution in [0.1, 0.15) is 68.8 Å². The number of phenolic OH excluding ortho intramolecular Hbond substituents is 2. The first-order chi connectivity index (χ1) is 26.4. The minimum Gasteiger partial charge on any atom is -0.504 e. The minimum atomic E-state index is -1.36. The van der Waals surface area contributed by atoms with Crippen LogP contribution in [-0.4, -0.2) is 97.0 Å². The Balaban J connectivity index is 1.33. The average molecular weight is 771 g/mol. The number of hydrogen-bond donors (Lipinski definition) is 3. The number of ether oxygens (including phenoxy) is 6. The van der Waals surface area contributed by atoms with Gasteiger partial charge in [-0.05, 0) is 68.1 Å². The van der Waals surface area contributed by atoms with Gasteiger partial charge in [0.25, 0.3) is 0 Å². The van der Waals surface area contributed by atoms with E-state index < -0.39 is 46.9 Å². The number of carbonyl (C=O) groups excluding carboxylic acids is 2. The lowest BCUT2D eigenvalue weighted by atomic mass is 9.71. The van der Waals surface area contributed by atoms with Crippen molar-refractivity contribution >= 4 is 23.7 Å². The quantitative estimate of drug-likeness (QED) is 0.258. The smallest absolute Gasteiger partial charge is 0.331 e. The van der Waals surface area contributed by atoms with Crippen molar-refractivity contribution in [2.75, 3.05) is 47.0 Å². The fourth-order valence-corrected chi connectivity index (χ4v) is 11.9. The summed E-state index contributed by atoms with van der Waals surface area (Å²) in [7, 11) is 4.99. The van der Waals surface area contributed by atoms with Crippen molar-refractivity contribution in [3.63, 3.8) is 0 Å². The Kier molecular flexibility index (Phi) is 8.36. The topological polar surface area (TPSA) is 172 Å². The van der Waals surface area contributed by atoms with Crippen molar-refractivity contribution in [3.05, 3.63) is 62.7 Å². The number of thioether (sulfide) groups is 1. The molecule has 7 aliphatic rings. The van der Waals surface area contributed by atoms with E-state index in [0.717, 1.165) is 16.7 Å². The summed E-state index contributed by atoms with van der Waals surface area (Å²) in [5.74, 6) is 0.973. The van der Waals surface area contributed by atoms with Crippen LogP contribution in [0.2, 0.25) is 0 Å². The first-order valence-corrected chi connectivity index (χ1v) is 19.4. The third kappa shape index (κ3) is 4.90. The molecule has 3 aromatic rings. The number of nitrogens with one attached hydrogen (secondary N) is 1. The maximum Gasteiger partial charge on any atom is 0.331 e. The molecule has 0 radical (unpaired) electrons. The summed E-state index contributed by atoms with van der Waals surface area (Å²) in [6.07, 6.45) is 1.05. The summed E-state index contributed by atoms with van der Waals surface area (Å²) in [5, 5.41) is 36.9. The summed E-state index contributed by atoms with van der Waals surface area (Å²) >= 11 is 1.48. The number of nitriles is 1. The van der Waals surface area contributed by atoms with E-state index in [9.17, 15) is 25.1 Å². The van der Waals surface area contributed by atoms with Crippen LogP contribution in [0.4, 0.5) is 0 Å². The number of likely N-dealkylation sites (N-methyl/N-ethyl adjacent to an activating group) is 1. The molecule has 0 amide bonds. The number of piperazine rings is 1. The van der Waals surface area contributed by atoms with Crippen LogP contribution in [0.5, 0.6) is 40.2 Å². The molecule has 7 heterocycles. The third-order valence-electron chi connectivity index (χ3n) is 12.4. The number of hydrogen-bond acceptors (Lipinski definition) is 15. The summed E-state index contributed by atoms with van der Waals surface area (Å²) in [4.78, 5) is 32.0. The van der Waals surface area contributed by atoms with Gasteiger partial charge < -0.3 is 38.6 Å². The van der Waals surface area contributed by atoms with Crippen LogP contribution in [0.25, 0.3) is 0 Å². The van der Waals surface area contributed by atoms with Gasteiger partial charge in [-0.25, -0.2) is 4.79 Å². The lowest BCUT2D eigenvalue weighted by Crippen LogP contribution is -2.69. The Morgan fingerprint density at radius 1 is 1.05 bits per heavy atom. The predicted molar refractivity (Wildman–Crippen MR) is 198 cm³/mol. The number of fused-ring (bicyclic) bond motifs is 9. The fraction of sp³-hybridized carbons (Fsp3) is 0.475. The third-order valence-corrected chi connectivity index (χ3v) is 13.9. The molecule has 14 nitrogen and oxygen atoms in total. The monoisotopic (exact) mass is 770 g/mol. The van der Waals surface area contributed by atoms with Crippen molar-refractivity contribution in [1.29, 1.82) is 5.26 Å². The maximum atomic E-state index is 14.7. The highest BCUT2D eigenvalue weighted by molar-refractivity contribution is 7.99. The lowest BCUT2D eigenvalue weighted by molar-refractivity contribution is -0.157. The molecule has 0 saturated carbocycles. The van der Waals surface area contributed by atoms with Gasteiger partial charge in [0.15, 0.2) is 40.0 Å². The van der Waals surface area contributed by atoms with Gasteiger partial charge in [-0.3, -0.25) is 19.9 Å². The molecule has 1 spiro atoms. The number of benzene rings is 3. The molecule has 0 aliphatic carbocycles. The van der Waals surface area contributed by atoms with E-state index in [-0.39, 0.29) is 42.4 Å². The van der Waals surface area contributed by atoms with Gasteiger partial charge in [-0.1, -0.05) is 6.07 Å². The Labute approximate surface area is 322 Å². The number of phenols is 2. The van der Waals surface area contributed by atoms with Crippen LogP contribution in [0, 0.1) is 25.2 Å². The molecule has 2 fully saturated rings. The average Bonchev–Trinajstić information content (AvgIpc) is 3.65. The Morgan fingerprint density at radius 2 is 1.84 bits per heavy atom. The van der Waals surface area contributed by atoms with Crippen molar-refractivity contribution in [2.45, 2.75) is 74.6 Å². The number of aromatic hydroxyl groups is 2. The zero-order chi connectivity index (χ0) is 38.7. The van der Waals surface area contributed by atoms with Gasteiger partial charge in [-0.15, -0.1) is 11.8 Å². The first-order valence-electron chi connectivity index (χ1n) is 18.3. The van der Waals surface area contributed by atoms with E-state index in [2.05, 4.69) is 21.2 Å². The van der Waals surface area contributed by atoms with Crippen LogP contribution in [0.3, 0.4) is 0 Å². The number of rotatable bonds is 3. The van der Waals surface area contributed by atoms with Gasteiger partial charge in [0.2, 0.25) is 6.79 Å². The van der Waals surface area contributed by atoms with Crippen molar-refractivity contribution in [3.8, 4) is 46.3 Å². The molecular formula is C40H42N4O10S. The molecule has 7 atom stereocenters. The molecule has 3 N–H and O–H groups in total. The second-order valence-electron chi connectivity index (χ2n) is 15.1. The van der Waals surface area contributed by atoms with Crippen LogP contribution in [0.15, 0.2) is 18.2 Å². The van der Waals surface area contributed by atoms with E-state index in [1.165, 1.54) is 32.9 Å². The summed E-state index contributed by atoms with van der Waals surface area (Å²) < 4.78 is 36.1. The summed E-state index contributed by atoms with van der Waals surface area (Å²) in [5.41, 5.74) is 4.41. The first kappa shape index (κ1) is 35.8.